The molecule has 0 aliphatic heterocycles. The van der Waals surface area contributed by atoms with Crippen LogP contribution in [0.15, 0.2) is 18.2 Å². The summed E-state index contributed by atoms with van der Waals surface area (Å²) in [5.74, 6) is -0.458. The number of aromatic hydroxyl groups is 1. The second kappa shape index (κ2) is 5.51. The highest BCUT2D eigenvalue weighted by Gasteiger charge is 2.17. The Balaban J connectivity index is 3.12. The zero-order valence-corrected chi connectivity index (χ0v) is 9.43. The fraction of sp³-hybridized carbons (Fsp3) is 0.417. The van der Waals surface area contributed by atoms with Crippen molar-refractivity contribution in [1.29, 1.82) is 0 Å². The molecule has 1 rings (SSSR count). The highest BCUT2D eigenvalue weighted by molar-refractivity contribution is 5.91. The fourth-order valence-electron chi connectivity index (χ4n) is 1.44. The van der Waals surface area contributed by atoms with Crippen LogP contribution < -0.4 is 0 Å². The molecule has 0 aliphatic rings. The molecule has 0 saturated carbocycles. The van der Waals surface area contributed by atoms with E-state index in [1.54, 1.807) is 13.8 Å². The fourth-order valence-corrected chi connectivity index (χ4v) is 1.44. The van der Waals surface area contributed by atoms with E-state index in [0.717, 1.165) is 0 Å². The number of phenols is 1. The minimum absolute atomic E-state index is 0.0237. The van der Waals surface area contributed by atoms with Crippen molar-refractivity contribution in [3.05, 3.63) is 29.3 Å². The molecule has 0 heterocycles. The Labute approximate surface area is 94.5 Å². The van der Waals surface area contributed by atoms with Crippen LogP contribution in [-0.2, 0) is 4.74 Å². The van der Waals surface area contributed by atoms with Crippen LogP contribution in [0, 0.1) is 0 Å². The van der Waals surface area contributed by atoms with Gasteiger partial charge in [-0.1, -0.05) is 6.92 Å². The summed E-state index contributed by atoms with van der Waals surface area (Å²) in [5.41, 5.74) is 0.704. The predicted octanol–water partition coefficient (Wildman–Crippen LogP) is 2.01. The number of aliphatic hydroxyl groups excluding tert-OH is 1. The molecule has 0 fully saturated rings. The van der Waals surface area contributed by atoms with E-state index < -0.39 is 12.1 Å². The number of phenolic OH excluding ortho intramolecular Hbond substituents is 1. The molecule has 0 bridgehead atoms. The molecule has 1 aromatic rings. The van der Waals surface area contributed by atoms with Crippen molar-refractivity contribution in [2.24, 2.45) is 0 Å². The minimum atomic E-state index is -0.772. The molecular weight excluding hydrogens is 208 g/mol. The van der Waals surface area contributed by atoms with E-state index in [-0.39, 0.29) is 12.4 Å². The van der Waals surface area contributed by atoms with E-state index in [2.05, 4.69) is 0 Å². The first-order chi connectivity index (χ1) is 7.60. The number of carbonyl (C=O) groups excluding carboxylic acids is 1. The Hall–Kier alpha value is -1.55. The van der Waals surface area contributed by atoms with Gasteiger partial charge in [-0.15, -0.1) is 0 Å². The van der Waals surface area contributed by atoms with Crippen molar-refractivity contribution in [2.45, 2.75) is 26.4 Å². The zero-order chi connectivity index (χ0) is 12.1. The van der Waals surface area contributed by atoms with Gasteiger partial charge in [-0.3, -0.25) is 0 Å². The Bertz CT molecular complexity index is 373. The molecule has 1 aromatic carbocycles. The summed E-state index contributed by atoms with van der Waals surface area (Å²) < 4.78 is 4.87. The SMILES string of the molecule is CCOC(=O)c1ccc(O)cc1C(O)CC. The molecule has 0 saturated heterocycles. The standard InChI is InChI=1S/C12H16O4/c1-3-11(14)10-7-8(13)5-6-9(10)12(15)16-4-2/h5-7,11,13-14H,3-4H2,1-2H3. The largest absolute Gasteiger partial charge is 0.508 e. The van der Waals surface area contributed by atoms with Crippen LogP contribution in [0.5, 0.6) is 5.75 Å². The number of esters is 1. The van der Waals surface area contributed by atoms with Gasteiger partial charge in [-0.2, -0.15) is 0 Å². The van der Waals surface area contributed by atoms with Crippen molar-refractivity contribution in [2.75, 3.05) is 6.61 Å². The van der Waals surface area contributed by atoms with E-state index in [1.165, 1.54) is 18.2 Å². The molecule has 4 heteroatoms. The van der Waals surface area contributed by atoms with Crippen LogP contribution in [0.25, 0.3) is 0 Å². The minimum Gasteiger partial charge on any atom is -0.508 e. The summed E-state index contributed by atoms with van der Waals surface area (Å²) in [7, 11) is 0. The molecule has 0 amide bonds. The van der Waals surface area contributed by atoms with Crippen LogP contribution >= 0.6 is 0 Å². The number of hydrogen-bond donors (Lipinski definition) is 2. The maximum absolute atomic E-state index is 11.6. The van der Waals surface area contributed by atoms with Crippen LogP contribution in [0.1, 0.15) is 42.3 Å². The topological polar surface area (TPSA) is 66.8 Å². The van der Waals surface area contributed by atoms with Gasteiger partial charge in [0.15, 0.2) is 0 Å². The van der Waals surface area contributed by atoms with E-state index in [4.69, 9.17) is 4.74 Å². The zero-order valence-electron chi connectivity index (χ0n) is 9.43. The number of carbonyl (C=O) groups is 1. The first kappa shape index (κ1) is 12.5. The van der Waals surface area contributed by atoms with Gasteiger partial charge >= 0.3 is 5.97 Å². The smallest absolute Gasteiger partial charge is 0.338 e. The Morgan fingerprint density at radius 1 is 1.44 bits per heavy atom. The molecule has 0 spiro atoms. The summed E-state index contributed by atoms with van der Waals surface area (Å²) in [5, 5.41) is 19.1. The molecule has 0 radical (unpaired) electrons. The van der Waals surface area contributed by atoms with Crippen LogP contribution in [0.3, 0.4) is 0 Å². The van der Waals surface area contributed by atoms with Crippen molar-refractivity contribution in [3.8, 4) is 5.75 Å². The van der Waals surface area contributed by atoms with Crippen LogP contribution in [0.4, 0.5) is 0 Å². The summed E-state index contributed by atoms with van der Waals surface area (Å²) in [6.07, 6.45) is -0.304. The van der Waals surface area contributed by atoms with Gasteiger partial charge in [0.05, 0.1) is 18.3 Å². The Kier molecular flexibility index (Phi) is 4.31. The first-order valence-corrected chi connectivity index (χ1v) is 5.28. The summed E-state index contributed by atoms with van der Waals surface area (Å²) in [6.45, 7) is 3.79. The number of aliphatic hydroxyl groups is 1. The molecule has 0 aromatic heterocycles. The maximum atomic E-state index is 11.6. The lowest BCUT2D eigenvalue weighted by molar-refractivity contribution is 0.0518. The lowest BCUT2D eigenvalue weighted by Crippen LogP contribution is -2.10. The van der Waals surface area contributed by atoms with Gasteiger partial charge in [0.1, 0.15) is 5.75 Å². The average Bonchev–Trinajstić information content (AvgIpc) is 2.28. The van der Waals surface area contributed by atoms with Crippen molar-refractivity contribution < 1.29 is 19.7 Å². The molecule has 1 atom stereocenters. The molecule has 88 valence electrons. The number of hydrogen-bond acceptors (Lipinski definition) is 4. The van der Waals surface area contributed by atoms with Crippen molar-refractivity contribution in [3.63, 3.8) is 0 Å². The average molecular weight is 224 g/mol. The molecular formula is C12H16O4. The summed E-state index contributed by atoms with van der Waals surface area (Å²) in [6, 6.07) is 4.25. The third kappa shape index (κ3) is 2.73. The highest BCUT2D eigenvalue weighted by atomic mass is 16.5. The van der Waals surface area contributed by atoms with Gasteiger partial charge in [0.2, 0.25) is 0 Å². The predicted molar refractivity (Wildman–Crippen MR) is 59.3 cm³/mol. The number of rotatable bonds is 4. The summed E-state index contributed by atoms with van der Waals surface area (Å²) >= 11 is 0. The monoisotopic (exact) mass is 224 g/mol. The van der Waals surface area contributed by atoms with Gasteiger partial charge in [-0.05, 0) is 37.1 Å². The second-order valence-corrected chi connectivity index (χ2v) is 3.42. The normalized spacial score (nSPS) is 12.2. The Morgan fingerprint density at radius 2 is 2.12 bits per heavy atom. The van der Waals surface area contributed by atoms with Crippen LogP contribution in [-0.4, -0.2) is 22.8 Å². The molecule has 0 aliphatic carbocycles. The van der Waals surface area contributed by atoms with Gasteiger partial charge in [-0.25, -0.2) is 4.79 Å². The molecule has 1 unspecified atom stereocenters. The second-order valence-electron chi connectivity index (χ2n) is 3.42. The lowest BCUT2D eigenvalue weighted by atomic mass is 10.0. The van der Waals surface area contributed by atoms with Gasteiger partial charge in [0.25, 0.3) is 0 Å². The lowest BCUT2D eigenvalue weighted by Gasteiger charge is -2.13. The van der Waals surface area contributed by atoms with Gasteiger partial charge in [0, 0.05) is 0 Å². The van der Waals surface area contributed by atoms with E-state index in [1.807, 2.05) is 0 Å². The first-order valence-electron chi connectivity index (χ1n) is 5.28. The van der Waals surface area contributed by atoms with Gasteiger partial charge < -0.3 is 14.9 Å². The summed E-state index contributed by atoms with van der Waals surface area (Å²) in [4.78, 5) is 11.6. The van der Waals surface area contributed by atoms with E-state index >= 15 is 0 Å². The number of ether oxygens (including phenoxy) is 1. The molecule has 4 nitrogen and oxygen atoms in total. The molecule has 16 heavy (non-hydrogen) atoms. The third-order valence-corrected chi connectivity index (χ3v) is 2.28. The highest BCUT2D eigenvalue weighted by Crippen LogP contribution is 2.25. The maximum Gasteiger partial charge on any atom is 0.338 e. The van der Waals surface area contributed by atoms with Crippen LogP contribution in [0.2, 0.25) is 0 Å². The molecule has 2 N–H and O–H groups in total. The Morgan fingerprint density at radius 3 is 2.69 bits per heavy atom. The van der Waals surface area contributed by atoms with E-state index in [9.17, 15) is 15.0 Å². The van der Waals surface area contributed by atoms with Crippen molar-refractivity contribution >= 4 is 5.97 Å². The van der Waals surface area contributed by atoms with Crippen molar-refractivity contribution in [1.82, 2.24) is 0 Å². The third-order valence-electron chi connectivity index (χ3n) is 2.28. The number of benzene rings is 1. The van der Waals surface area contributed by atoms with E-state index in [0.29, 0.717) is 17.5 Å². The quantitative estimate of drug-likeness (QED) is 0.768.